The molecule has 134 valence electrons. The number of nitrogens with one attached hydrogen (secondary N) is 2. The molecule has 1 aromatic carbocycles. The van der Waals surface area contributed by atoms with E-state index in [2.05, 4.69) is 20.8 Å². The van der Waals surface area contributed by atoms with E-state index >= 15 is 0 Å². The van der Waals surface area contributed by atoms with Crippen LogP contribution < -0.4 is 10.6 Å². The Morgan fingerprint density at radius 1 is 1.27 bits per heavy atom. The highest BCUT2D eigenvalue weighted by Crippen LogP contribution is 2.27. The van der Waals surface area contributed by atoms with Crippen molar-refractivity contribution in [3.63, 3.8) is 0 Å². The van der Waals surface area contributed by atoms with Crippen molar-refractivity contribution in [3.05, 3.63) is 53.6 Å². The van der Waals surface area contributed by atoms with Crippen molar-refractivity contribution in [2.75, 3.05) is 17.2 Å². The highest BCUT2D eigenvalue weighted by molar-refractivity contribution is 5.94. The van der Waals surface area contributed by atoms with E-state index in [0.717, 1.165) is 34.1 Å². The molecule has 1 aliphatic rings. The van der Waals surface area contributed by atoms with Gasteiger partial charge in [-0.25, -0.2) is 4.68 Å². The van der Waals surface area contributed by atoms with Gasteiger partial charge in [-0.1, -0.05) is 18.2 Å². The second-order valence-electron chi connectivity index (χ2n) is 6.69. The monoisotopic (exact) mass is 350 g/mol. The van der Waals surface area contributed by atoms with Gasteiger partial charge in [0.1, 0.15) is 0 Å². The van der Waals surface area contributed by atoms with Crippen molar-refractivity contribution in [2.24, 2.45) is 13.0 Å². The van der Waals surface area contributed by atoms with E-state index < -0.39 is 0 Å². The van der Waals surface area contributed by atoms with E-state index in [4.69, 9.17) is 0 Å². The number of benzene rings is 1. The summed E-state index contributed by atoms with van der Waals surface area (Å²) in [7, 11) is 1.90. The molecule has 0 spiro atoms. The fourth-order valence-corrected chi connectivity index (χ4v) is 3.45. The summed E-state index contributed by atoms with van der Waals surface area (Å²) in [5.74, 6) is -0.139. The highest BCUT2D eigenvalue weighted by Gasteiger charge is 2.28. The zero-order valence-electron chi connectivity index (χ0n) is 15.2. The second kappa shape index (κ2) is 6.33. The van der Waals surface area contributed by atoms with Gasteiger partial charge in [0.15, 0.2) is 0 Å². The largest absolute Gasteiger partial charge is 0.381 e. The standard InChI is InChI=1S/C19H22N6O/c1-12-18(13(2)25(23-12)15-7-5-4-6-8-15)22-19(26)14-9-17-16(20-10-14)11-21-24(17)3/h4-8,11,14,20H,9-10H2,1-3H3,(H,22,26). The van der Waals surface area contributed by atoms with Crippen molar-refractivity contribution in [3.8, 4) is 5.69 Å². The molecule has 1 amide bonds. The molecule has 26 heavy (non-hydrogen) atoms. The number of amides is 1. The number of anilines is 2. The molecular weight excluding hydrogens is 328 g/mol. The average Bonchev–Trinajstić information content (AvgIpc) is 3.17. The molecule has 2 aromatic heterocycles. The minimum atomic E-state index is -0.142. The van der Waals surface area contributed by atoms with Crippen molar-refractivity contribution in [2.45, 2.75) is 20.3 Å². The lowest BCUT2D eigenvalue weighted by molar-refractivity contribution is -0.119. The second-order valence-corrected chi connectivity index (χ2v) is 6.69. The van der Waals surface area contributed by atoms with E-state index in [9.17, 15) is 4.79 Å². The van der Waals surface area contributed by atoms with Crippen molar-refractivity contribution in [1.82, 2.24) is 19.6 Å². The topological polar surface area (TPSA) is 76.8 Å². The van der Waals surface area contributed by atoms with E-state index in [1.165, 1.54) is 0 Å². The van der Waals surface area contributed by atoms with Crippen LogP contribution in [0, 0.1) is 19.8 Å². The number of carbonyl (C=O) groups is 1. The first-order valence-corrected chi connectivity index (χ1v) is 8.72. The Hall–Kier alpha value is -3.09. The summed E-state index contributed by atoms with van der Waals surface area (Å²) in [6.07, 6.45) is 2.48. The van der Waals surface area contributed by atoms with Gasteiger partial charge in [0.05, 0.1) is 46.3 Å². The SMILES string of the molecule is Cc1nn(-c2ccccc2)c(C)c1NC(=O)C1CNc2cnn(C)c2C1. The molecule has 0 bridgehead atoms. The number of fused-ring (bicyclic) bond motifs is 1. The van der Waals surface area contributed by atoms with Crippen LogP contribution in [0.5, 0.6) is 0 Å². The van der Waals surface area contributed by atoms with Gasteiger partial charge >= 0.3 is 0 Å². The lowest BCUT2D eigenvalue weighted by atomic mass is 9.97. The van der Waals surface area contributed by atoms with Gasteiger partial charge in [0, 0.05) is 20.0 Å². The fraction of sp³-hybridized carbons (Fsp3) is 0.316. The van der Waals surface area contributed by atoms with Crippen LogP contribution in [0.2, 0.25) is 0 Å². The zero-order chi connectivity index (χ0) is 18.3. The molecule has 3 aromatic rings. The molecule has 0 radical (unpaired) electrons. The third kappa shape index (κ3) is 2.75. The quantitative estimate of drug-likeness (QED) is 0.761. The third-order valence-corrected chi connectivity index (χ3v) is 4.95. The number of rotatable bonds is 3. The molecule has 0 saturated heterocycles. The van der Waals surface area contributed by atoms with Crippen LogP contribution in [-0.4, -0.2) is 32.0 Å². The molecule has 7 heteroatoms. The number of aromatic nitrogens is 4. The summed E-state index contributed by atoms with van der Waals surface area (Å²) < 4.78 is 3.69. The number of hydrogen-bond acceptors (Lipinski definition) is 4. The molecular formula is C19H22N6O. The molecule has 2 N–H and O–H groups in total. The lowest BCUT2D eigenvalue weighted by Gasteiger charge is -2.23. The van der Waals surface area contributed by atoms with Gasteiger partial charge in [-0.3, -0.25) is 9.48 Å². The normalized spacial score (nSPS) is 16.0. The fourth-order valence-electron chi connectivity index (χ4n) is 3.45. The number of nitrogens with zero attached hydrogens (tertiary/aromatic N) is 4. The Labute approximate surface area is 152 Å². The van der Waals surface area contributed by atoms with Crippen LogP contribution >= 0.6 is 0 Å². The first-order chi connectivity index (χ1) is 12.5. The molecule has 0 aliphatic carbocycles. The minimum Gasteiger partial charge on any atom is -0.381 e. The first kappa shape index (κ1) is 16.4. The molecule has 1 aliphatic heterocycles. The summed E-state index contributed by atoms with van der Waals surface area (Å²) in [5, 5.41) is 15.2. The predicted molar refractivity (Wildman–Crippen MR) is 101 cm³/mol. The number of aryl methyl sites for hydroxylation is 2. The Morgan fingerprint density at radius 3 is 2.81 bits per heavy atom. The van der Waals surface area contributed by atoms with Crippen LogP contribution in [-0.2, 0) is 18.3 Å². The lowest BCUT2D eigenvalue weighted by Crippen LogP contribution is -2.34. The molecule has 0 fully saturated rings. The van der Waals surface area contributed by atoms with Gasteiger partial charge < -0.3 is 10.6 Å². The molecule has 3 heterocycles. The maximum Gasteiger partial charge on any atom is 0.229 e. The van der Waals surface area contributed by atoms with Crippen molar-refractivity contribution >= 4 is 17.3 Å². The number of para-hydroxylation sites is 1. The maximum atomic E-state index is 12.8. The first-order valence-electron chi connectivity index (χ1n) is 8.72. The Kier molecular flexibility index (Phi) is 3.99. The smallest absolute Gasteiger partial charge is 0.229 e. The van der Waals surface area contributed by atoms with Gasteiger partial charge in [0.25, 0.3) is 0 Å². The molecule has 1 unspecified atom stereocenters. The van der Waals surface area contributed by atoms with Crippen LogP contribution in [0.4, 0.5) is 11.4 Å². The summed E-state index contributed by atoms with van der Waals surface area (Å²) in [4.78, 5) is 12.8. The van der Waals surface area contributed by atoms with Crippen LogP contribution in [0.25, 0.3) is 5.69 Å². The van der Waals surface area contributed by atoms with Crippen molar-refractivity contribution in [1.29, 1.82) is 0 Å². The van der Waals surface area contributed by atoms with E-state index in [0.29, 0.717) is 13.0 Å². The summed E-state index contributed by atoms with van der Waals surface area (Å²) in [5.41, 5.74) is 5.57. The summed E-state index contributed by atoms with van der Waals surface area (Å²) in [6, 6.07) is 9.92. The summed E-state index contributed by atoms with van der Waals surface area (Å²) >= 11 is 0. The van der Waals surface area contributed by atoms with Crippen LogP contribution in [0.1, 0.15) is 17.1 Å². The minimum absolute atomic E-state index is 0.00293. The number of carbonyl (C=O) groups excluding carboxylic acids is 1. The zero-order valence-corrected chi connectivity index (χ0v) is 15.2. The van der Waals surface area contributed by atoms with Crippen LogP contribution in [0.15, 0.2) is 36.5 Å². The van der Waals surface area contributed by atoms with Gasteiger partial charge in [-0.05, 0) is 26.0 Å². The Bertz CT molecular complexity index is 956. The van der Waals surface area contributed by atoms with Gasteiger partial charge in [-0.15, -0.1) is 0 Å². The molecule has 7 nitrogen and oxygen atoms in total. The molecule has 1 atom stereocenters. The predicted octanol–water partition coefficient (Wildman–Crippen LogP) is 2.45. The van der Waals surface area contributed by atoms with Gasteiger partial charge in [0.2, 0.25) is 5.91 Å². The van der Waals surface area contributed by atoms with E-state index in [1.807, 2.05) is 66.8 Å². The molecule has 4 rings (SSSR count). The average molecular weight is 350 g/mol. The molecule has 0 saturated carbocycles. The Balaban J connectivity index is 1.56. The van der Waals surface area contributed by atoms with Crippen LogP contribution in [0.3, 0.4) is 0 Å². The third-order valence-electron chi connectivity index (χ3n) is 4.95. The van der Waals surface area contributed by atoms with Crippen molar-refractivity contribution < 1.29 is 4.79 Å². The van der Waals surface area contributed by atoms with E-state index in [1.54, 1.807) is 0 Å². The summed E-state index contributed by atoms with van der Waals surface area (Å²) in [6.45, 7) is 4.50. The highest BCUT2D eigenvalue weighted by atomic mass is 16.1. The maximum absolute atomic E-state index is 12.8. The van der Waals surface area contributed by atoms with Gasteiger partial charge in [-0.2, -0.15) is 10.2 Å². The Morgan fingerprint density at radius 2 is 2.04 bits per heavy atom. The number of hydrogen-bond donors (Lipinski definition) is 2. The van der Waals surface area contributed by atoms with E-state index in [-0.39, 0.29) is 11.8 Å².